The Bertz CT molecular complexity index is 467. The van der Waals surface area contributed by atoms with Crippen LogP contribution in [-0.2, 0) is 9.59 Å². The minimum Gasteiger partial charge on any atom is -0.322 e. The summed E-state index contributed by atoms with van der Waals surface area (Å²) in [6, 6.07) is -0.501. The molecule has 0 aromatic heterocycles. The standard InChI is InChI=1S/C15H24N4O3/c20-12(11-18-9-5-2-6-10-18)17-19-13(21)15(16-14(19)22)7-3-1-4-8-15/h1-11H2,(H,16,22)(H,17,20). The monoisotopic (exact) mass is 308 g/mol. The molecular weight excluding hydrogens is 284 g/mol. The van der Waals surface area contributed by atoms with Gasteiger partial charge in [-0.15, -0.1) is 0 Å². The third-order valence-corrected chi connectivity index (χ3v) is 4.92. The molecular formula is C15H24N4O3. The first-order valence-corrected chi connectivity index (χ1v) is 8.29. The zero-order valence-corrected chi connectivity index (χ0v) is 12.9. The fraction of sp³-hybridized carbons (Fsp3) is 0.800. The van der Waals surface area contributed by atoms with Crippen molar-refractivity contribution in [3.63, 3.8) is 0 Å². The molecule has 2 aliphatic heterocycles. The Labute approximate surface area is 130 Å². The van der Waals surface area contributed by atoms with Gasteiger partial charge in [0.15, 0.2) is 0 Å². The van der Waals surface area contributed by atoms with E-state index in [-0.39, 0.29) is 18.4 Å². The van der Waals surface area contributed by atoms with E-state index in [1.165, 1.54) is 6.42 Å². The van der Waals surface area contributed by atoms with Crippen molar-refractivity contribution in [1.29, 1.82) is 0 Å². The summed E-state index contributed by atoms with van der Waals surface area (Å²) in [5, 5.41) is 3.67. The van der Waals surface area contributed by atoms with Gasteiger partial charge < -0.3 is 5.32 Å². The van der Waals surface area contributed by atoms with Crippen LogP contribution in [0, 0.1) is 0 Å². The van der Waals surface area contributed by atoms with Gasteiger partial charge in [-0.25, -0.2) is 4.79 Å². The van der Waals surface area contributed by atoms with Crippen molar-refractivity contribution in [2.45, 2.75) is 56.9 Å². The highest BCUT2D eigenvalue weighted by Gasteiger charge is 2.52. The normalized spacial score (nSPS) is 25.4. The Morgan fingerprint density at radius 3 is 2.36 bits per heavy atom. The summed E-state index contributed by atoms with van der Waals surface area (Å²) < 4.78 is 0. The molecule has 1 aliphatic carbocycles. The van der Waals surface area contributed by atoms with E-state index in [1.807, 2.05) is 0 Å². The summed E-state index contributed by atoms with van der Waals surface area (Å²) in [6.45, 7) is 2.04. The van der Waals surface area contributed by atoms with E-state index in [1.54, 1.807) is 0 Å². The van der Waals surface area contributed by atoms with Crippen LogP contribution in [0.15, 0.2) is 0 Å². The average Bonchev–Trinajstić information content (AvgIpc) is 2.73. The van der Waals surface area contributed by atoms with Crippen molar-refractivity contribution in [2.75, 3.05) is 19.6 Å². The maximum absolute atomic E-state index is 12.5. The molecule has 3 rings (SSSR count). The zero-order chi connectivity index (χ0) is 15.6. The maximum atomic E-state index is 12.5. The lowest BCUT2D eigenvalue weighted by Gasteiger charge is -2.30. The largest absolute Gasteiger partial charge is 0.344 e. The number of carbonyl (C=O) groups is 3. The van der Waals surface area contributed by atoms with Gasteiger partial charge in [0.2, 0.25) is 0 Å². The summed E-state index contributed by atoms with van der Waals surface area (Å²) in [5.74, 6) is -0.595. The van der Waals surface area contributed by atoms with Gasteiger partial charge in [0.1, 0.15) is 5.54 Å². The summed E-state index contributed by atoms with van der Waals surface area (Å²) in [4.78, 5) is 38.8. The number of hydrazine groups is 1. The van der Waals surface area contributed by atoms with Crippen molar-refractivity contribution in [1.82, 2.24) is 20.7 Å². The first-order chi connectivity index (χ1) is 10.6. The summed E-state index contributed by atoms with van der Waals surface area (Å²) in [5.41, 5.74) is 1.70. The first kappa shape index (κ1) is 15.3. The van der Waals surface area contributed by atoms with E-state index in [9.17, 15) is 14.4 Å². The molecule has 4 amide bonds. The molecule has 2 N–H and O–H groups in total. The predicted molar refractivity (Wildman–Crippen MR) is 79.6 cm³/mol. The first-order valence-electron chi connectivity index (χ1n) is 8.29. The van der Waals surface area contributed by atoms with Gasteiger partial charge in [0.25, 0.3) is 11.8 Å². The van der Waals surface area contributed by atoms with Gasteiger partial charge in [0.05, 0.1) is 6.54 Å². The number of carbonyl (C=O) groups excluding carboxylic acids is 3. The van der Waals surface area contributed by atoms with Gasteiger partial charge in [0, 0.05) is 0 Å². The molecule has 2 heterocycles. The highest BCUT2D eigenvalue weighted by Crippen LogP contribution is 2.32. The van der Waals surface area contributed by atoms with Crippen LogP contribution in [0.1, 0.15) is 51.4 Å². The molecule has 1 saturated carbocycles. The molecule has 7 heteroatoms. The summed E-state index contributed by atoms with van der Waals surface area (Å²) >= 11 is 0. The SMILES string of the molecule is O=C(CN1CCCCC1)NN1C(=O)NC2(CCCCC2)C1=O. The van der Waals surface area contributed by atoms with Crippen molar-refractivity contribution in [3.05, 3.63) is 0 Å². The van der Waals surface area contributed by atoms with Crippen LogP contribution >= 0.6 is 0 Å². The predicted octanol–water partition coefficient (Wildman–Crippen LogP) is 0.758. The molecule has 0 aromatic rings. The van der Waals surface area contributed by atoms with Crippen LogP contribution in [0.4, 0.5) is 4.79 Å². The van der Waals surface area contributed by atoms with Crippen LogP contribution in [0.2, 0.25) is 0 Å². The van der Waals surface area contributed by atoms with Crippen LogP contribution in [0.3, 0.4) is 0 Å². The third-order valence-electron chi connectivity index (χ3n) is 4.92. The van der Waals surface area contributed by atoms with Crippen LogP contribution in [0.25, 0.3) is 0 Å². The van der Waals surface area contributed by atoms with Crippen molar-refractivity contribution in [3.8, 4) is 0 Å². The van der Waals surface area contributed by atoms with E-state index in [0.29, 0.717) is 12.8 Å². The fourth-order valence-electron chi connectivity index (χ4n) is 3.70. The fourth-order valence-corrected chi connectivity index (χ4v) is 3.70. The molecule has 0 radical (unpaired) electrons. The van der Waals surface area contributed by atoms with Gasteiger partial charge in [-0.3, -0.25) is 19.9 Å². The second-order valence-electron chi connectivity index (χ2n) is 6.59. The Kier molecular flexibility index (Phi) is 4.33. The summed E-state index contributed by atoms with van der Waals surface area (Å²) in [7, 11) is 0. The van der Waals surface area contributed by atoms with Crippen molar-refractivity contribution in [2.24, 2.45) is 0 Å². The topological polar surface area (TPSA) is 81.8 Å². The third kappa shape index (κ3) is 2.95. The number of hydrogen-bond donors (Lipinski definition) is 2. The van der Waals surface area contributed by atoms with Crippen LogP contribution < -0.4 is 10.7 Å². The lowest BCUT2D eigenvalue weighted by atomic mass is 9.82. The molecule has 22 heavy (non-hydrogen) atoms. The zero-order valence-electron chi connectivity index (χ0n) is 12.9. The molecule has 7 nitrogen and oxygen atoms in total. The van der Waals surface area contributed by atoms with E-state index in [0.717, 1.165) is 50.2 Å². The second-order valence-corrected chi connectivity index (χ2v) is 6.59. The minimum atomic E-state index is -0.784. The average molecular weight is 308 g/mol. The van der Waals surface area contributed by atoms with Crippen LogP contribution in [-0.4, -0.2) is 52.9 Å². The lowest BCUT2D eigenvalue weighted by Crippen LogP contribution is -2.52. The molecule has 3 aliphatic rings. The number of hydrogen-bond acceptors (Lipinski definition) is 4. The molecule has 2 saturated heterocycles. The van der Waals surface area contributed by atoms with E-state index in [2.05, 4.69) is 15.6 Å². The van der Waals surface area contributed by atoms with Crippen molar-refractivity contribution >= 4 is 17.8 Å². The summed E-state index contributed by atoms with van der Waals surface area (Å²) in [6.07, 6.45) is 7.67. The molecule has 3 fully saturated rings. The van der Waals surface area contributed by atoms with Crippen molar-refractivity contribution < 1.29 is 14.4 Å². The Balaban J connectivity index is 1.58. The molecule has 1 spiro atoms. The highest BCUT2D eigenvalue weighted by molar-refractivity contribution is 6.08. The molecule has 122 valence electrons. The number of imide groups is 1. The number of likely N-dealkylation sites (tertiary alicyclic amines) is 1. The van der Waals surface area contributed by atoms with E-state index >= 15 is 0 Å². The van der Waals surface area contributed by atoms with E-state index in [4.69, 9.17) is 0 Å². The van der Waals surface area contributed by atoms with Crippen LogP contribution in [0.5, 0.6) is 0 Å². The smallest absolute Gasteiger partial charge is 0.322 e. The number of nitrogens with one attached hydrogen (secondary N) is 2. The lowest BCUT2D eigenvalue weighted by molar-refractivity contribution is -0.140. The van der Waals surface area contributed by atoms with E-state index < -0.39 is 11.6 Å². The number of amides is 4. The van der Waals surface area contributed by atoms with Gasteiger partial charge in [-0.05, 0) is 38.8 Å². The Morgan fingerprint density at radius 1 is 1.05 bits per heavy atom. The number of nitrogens with zero attached hydrogens (tertiary/aromatic N) is 2. The molecule has 0 aromatic carbocycles. The van der Waals surface area contributed by atoms with Gasteiger partial charge in [-0.2, -0.15) is 5.01 Å². The molecule has 0 atom stereocenters. The van der Waals surface area contributed by atoms with Gasteiger partial charge >= 0.3 is 6.03 Å². The second kappa shape index (κ2) is 6.24. The number of piperidine rings is 1. The maximum Gasteiger partial charge on any atom is 0.344 e. The Hall–Kier alpha value is -1.63. The molecule has 0 unspecified atom stereocenters. The van der Waals surface area contributed by atoms with Gasteiger partial charge in [-0.1, -0.05) is 25.7 Å². The highest BCUT2D eigenvalue weighted by atomic mass is 16.2. The number of urea groups is 1. The quantitative estimate of drug-likeness (QED) is 0.754. The molecule has 0 bridgehead atoms. The Morgan fingerprint density at radius 2 is 1.68 bits per heavy atom. The number of rotatable bonds is 3. The minimum absolute atomic E-state index is 0.240.